The molecule has 0 amide bonds. The molecule has 2 aromatic carbocycles. The predicted molar refractivity (Wildman–Crippen MR) is 120 cm³/mol. The Morgan fingerprint density at radius 1 is 1.00 bits per heavy atom. The summed E-state index contributed by atoms with van der Waals surface area (Å²) in [7, 11) is 2.21. The van der Waals surface area contributed by atoms with Gasteiger partial charge in [-0.05, 0) is 42.2 Å². The van der Waals surface area contributed by atoms with Crippen molar-refractivity contribution in [2.24, 2.45) is 0 Å². The molecule has 0 aliphatic carbocycles. The summed E-state index contributed by atoms with van der Waals surface area (Å²) in [5.41, 5.74) is 11.5. The van der Waals surface area contributed by atoms with Crippen molar-refractivity contribution in [3.8, 4) is 16.9 Å². The molecule has 0 aliphatic rings. The number of unbranched alkanes of at least 4 members (excludes halogenated alkanes) is 1. The number of anilines is 1. The van der Waals surface area contributed by atoms with Crippen LogP contribution in [-0.4, -0.2) is 22.4 Å². The van der Waals surface area contributed by atoms with E-state index < -0.39 is 0 Å². The number of aromatic nitrogens is 3. The van der Waals surface area contributed by atoms with E-state index in [2.05, 4.69) is 48.3 Å². The van der Waals surface area contributed by atoms with Crippen LogP contribution >= 0.6 is 0 Å². The normalized spacial score (nSPS) is 11.0. The standard InChI is InChI=1S/C23H25BN4O/c24-12-5-4-10-19-14-21(22-23(25)26-16-27-28(19)22)18-9-6-11-20(13-18)29-15-17-7-2-1-3-8-17/h1-3,6-9,11,13-14,16H,4-5,10,12,15,24H2,(H2,25,26,27). The topological polar surface area (TPSA) is 65.4 Å². The van der Waals surface area contributed by atoms with Gasteiger partial charge in [0.2, 0.25) is 0 Å². The van der Waals surface area contributed by atoms with Gasteiger partial charge in [0.1, 0.15) is 32.0 Å². The predicted octanol–water partition coefficient (Wildman–Crippen LogP) is 3.93. The van der Waals surface area contributed by atoms with Crippen molar-refractivity contribution < 1.29 is 4.74 Å². The van der Waals surface area contributed by atoms with Crippen LogP contribution in [0.4, 0.5) is 5.82 Å². The van der Waals surface area contributed by atoms with E-state index in [1.807, 2.05) is 34.8 Å². The molecule has 0 unspecified atom stereocenters. The Hall–Kier alpha value is -3.28. The molecule has 0 spiro atoms. The zero-order chi connectivity index (χ0) is 20.1. The minimum absolute atomic E-state index is 0.493. The van der Waals surface area contributed by atoms with Crippen molar-refractivity contribution in [1.29, 1.82) is 0 Å². The van der Waals surface area contributed by atoms with Crippen LogP contribution in [0.25, 0.3) is 16.6 Å². The van der Waals surface area contributed by atoms with Gasteiger partial charge in [0.25, 0.3) is 0 Å². The molecule has 0 bridgehead atoms. The van der Waals surface area contributed by atoms with E-state index in [9.17, 15) is 0 Å². The number of hydrogen-bond acceptors (Lipinski definition) is 4. The van der Waals surface area contributed by atoms with E-state index in [1.54, 1.807) is 0 Å². The highest BCUT2D eigenvalue weighted by Crippen LogP contribution is 2.33. The number of rotatable bonds is 8. The lowest BCUT2D eigenvalue weighted by Gasteiger charge is -2.08. The Morgan fingerprint density at radius 2 is 1.86 bits per heavy atom. The third kappa shape index (κ3) is 4.26. The molecule has 0 saturated carbocycles. The molecule has 146 valence electrons. The summed E-state index contributed by atoms with van der Waals surface area (Å²) in [6.07, 6.45) is 6.01. The summed E-state index contributed by atoms with van der Waals surface area (Å²) in [5, 5.41) is 4.46. The van der Waals surface area contributed by atoms with Crippen LogP contribution in [0.2, 0.25) is 6.32 Å². The Balaban J connectivity index is 1.65. The second-order valence-electron chi connectivity index (χ2n) is 7.21. The largest absolute Gasteiger partial charge is 0.489 e. The van der Waals surface area contributed by atoms with Gasteiger partial charge in [-0.2, -0.15) is 5.10 Å². The number of nitrogens with zero attached hydrogens (tertiary/aromatic N) is 3. The number of benzene rings is 2. The van der Waals surface area contributed by atoms with Gasteiger partial charge in [0, 0.05) is 11.3 Å². The van der Waals surface area contributed by atoms with Crippen LogP contribution in [0.5, 0.6) is 5.75 Å². The number of nitrogen functional groups attached to an aromatic ring is 1. The molecule has 2 aromatic heterocycles. The van der Waals surface area contributed by atoms with Crippen LogP contribution in [-0.2, 0) is 13.0 Å². The Kier molecular flexibility index (Phi) is 5.80. The number of nitrogens with two attached hydrogens (primary N) is 1. The first-order valence-corrected chi connectivity index (χ1v) is 10.1. The molecule has 5 nitrogen and oxygen atoms in total. The molecule has 2 heterocycles. The van der Waals surface area contributed by atoms with Gasteiger partial charge >= 0.3 is 0 Å². The van der Waals surface area contributed by atoms with Gasteiger partial charge in [-0.15, -0.1) is 0 Å². The third-order valence-corrected chi connectivity index (χ3v) is 5.09. The molecular weight excluding hydrogens is 359 g/mol. The summed E-state index contributed by atoms with van der Waals surface area (Å²) >= 11 is 0. The molecule has 0 aliphatic heterocycles. The van der Waals surface area contributed by atoms with E-state index >= 15 is 0 Å². The summed E-state index contributed by atoms with van der Waals surface area (Å²) in [6, 6.07) is 20.5. The maximum Gasteiger partial charge on any atom is 0.151 e. The van der Waals surface area contributed by atoms with Crippen molar-refractivity contribution >= 4 is 19.2 Å². The number of hydrogen-bond donors (Lipinski definition) is 1. The summed E-state index contributed by atoms with van der Waals surface area (Å²) in [5.74, 6) is 1.32. The zero-order valence-corrected chi connectivity index (χ0v) is 16.7. The van der Waals surface area contributed by atoms with Crippen molar-refractivity contribution in [3.05, 3.63) is 78.2 Å². The van der Waals surface area contributed by atoms with Gasteiger partial charge in [-0.1, -0.05) is 55.2 Å². The average molecular weight is 384 g/mol. The first-order chi connectivity index (χ1) is 14.3. The van der Waals surface area contributed by atoms with Crippen molar-refractivity contribution in [2.45, 2.75) is 32.2 Å². The van der Waals surface area contributed by atoms with Crippen LogP contribution in [0.3, 0.4) is 0 Å². The highest BCUT2D eigenvalue weighted by atomic mass is 16.5. The van der Waals surface area contributed by atoms with Crippen molar-refractivity contribution in [3.63, 3.8) is 0 Å². The molecule has 0 saturated heterocycles. The van der Waals surface area contributed by atoms with Gasteiger partial charge in [-0.3, -0.25) is 0 Å². The smallest absolute Gasteiger partial charge is 0.151 e. The van der Waals surface area contributed by atoms with Crippen LogP contribution in [0.15, 0.2) is 67.0 Å². The lowest BCUT2D eigenvalue weighted by atomic mass is 9.99. The quantitative estimate of drug-likeness (QED) is 0.369. The third-order valence-electron chi connectivity index (χ3n) is 5.09. The Morgan fingerprint density at radius 3 is 2.69 bits per heavy atom. The first kappa shape index (κ1) is 19.1. The van der Waals surface area contributed by atoms with E-state index in [0.717, 1.165) is 46.5 Å². The molecule has 0 fully saturated rings. The number of fused-ring (bicyclic) bond motifs is 1. The monoisotopic (exact) mass is 384 g/mol. The van der Waals surface area contributed by atoms with Crippen LogP contribution in [0.1, 0.15) is 24.1 Å². The van der Waals surface area contributed by atoms with E-state index in [4.69, 9.17) is 10.5 Å². The van der Waals surface area contributed by atoms with E-state index in [0.29, 0.717) is 12.4 Å². The minimum atomic E-state index is 0.493. The Labute approximate surface area is 172 Å². The van der Waals surface area contributed by atoms with E-state index in [-0.39, 0.29) is 0 Å². The lowest BCUT2D eigenvalue weighted by Crippen LogP contribution is -2.02. The molecule has 2 N–H and O–H groups in total. The fraction of sp³-hybridized carbons (Fsp3) is 0.217. The van der Waals surface area contributed by atoms with Crippen molar-refractivity contribution in [2.75, 3.05) is 5.73 Å². The highest BCUT2D eigenvalue weighted by Gasteiger charge is 2.15. The molecule has 4 aromatic rings. The molecule has 4 rings (SSSR count). The Bertz CT molecular complexity index is 1090. The molecule has 29 heavy (non-hydrogen) atoms. The maximum absolute atomic E-state index is 6.23. The fourth-order valence-corrected chi connectivity index (χ4v) is 3.58. The fourth-order valence-electron chi connectivity index (χ4n) is 3.58. The minimum Gasteiger partial charge on any atom is -0.489 e. The van der Waals surface area contributed by atoms with Crippen molar-refractivity contribution in [1.82, 2.24) is 14.6 Å². The van der Waals surface area contributed by atoms with Crippen LogP contribution in [0, 0.1) is 0 Å². The average Bonchev–Trinajstić information content (AvgIpc) is 3.14. The second kappa shape index (κ2) is 8.82. The summed E-state index contributed by atoms with van der Waals surface area (Å²) in [4.78, 5) is 4.22. The van der Waals surface area contributed by atoms with Gasteiger partial charge in [-0.25, -0.2) is 9.50 Å². The van der Waals surface area contributed by atoms with E-state index in [1.165, 1.54) is 19.1 Å². The molecule has 0 radical (unpaired) electrons. The zero-order valence-electron chi connectivity index (χ0n) is 16.7. The SMILES string of the molecule is BCCCCc1cc(-c2cccc(OCc3ccccc3)c2)c2c(N)ncnn12. The maximum atomic E-state index is 6.23. The molecule has 0 atom stereocenters. The van der Waals surface area contributed by atoms with Gasteiger partial charge in [0.15, 0.2) is 5.82 Å². The first-order valence-electron chi connectivity index (χ1n) is 10.1. The van der Waals surface area contributed by atoms with Gasteiger partial charge in [0.05, 0.1) is 0 Å². The highest BCUT2D eigenvalue weighted by molar-refractivity contribution is 6.08. The summed E-state index contributed by atoms with van der Waals surface area (Å²) in [6.45, 7) is 0.536. The molecule has 6 heteroatoms. The summed E-state index contributed by atoms with van der Waals surface area (Å²) < 4.78 is 7.95. The number of aryl methyl sites for hydroxylation is 1. The lowest BCUT2D eigenvalue weighted by molar-refractivity contribution is 0.306. The molecular formula is C23H25BN4O. The van der Waals surface area contributed by atoms with Crippen LogP contribution < -0.4 is 10.5 Å². The number of ether oxygens (including phenoxy) is 1. The second-order valence-corrected chi connectivity index (χ2v) is 7.21. The van der Waals surface area contributed by atoms with Gasteiger partial charge < -0.3 is 10.5 Å².